The molecule has 0 aliphatic rings. The van der Waals surface area contributed by atoms with E-state index in [0.717, 1.165) is 0 Å². The molecule has 0 aromatic rings. The van der Waals surface area contributed by atoms with Gasteiger partial charge in [-0.05, 0) is 32.6 Å². The summed E-state index contributed by atoms with van der Waals surface area (Å²) in [5.74, 6) is -5.02. The van der Waals surface area contributed by atoms with Crippen LogP contribution in [0.1, 0.15) is 47.0 Å². The van der Waals surface area contributed by atoms with E-state index >= 15 is 0 Å². The van der Waals surface area contributed by atoms with Gasteiger partial charge in [-0.25, -0.2) is 4.79 Å². The first-order chi connectivity index (χ1) is 13.8. The van der Waals surface area contributed by atoms with Crippen LogP contribution in [0.4, 0.5) is 0 Å². The van der Waals surface area contributed by atoms with Gasteiger partial charge in [-0.1, -0.05) is 13.8 Å². The lowest BCUT2D eigenvalue weighted by Crippen LogP contribution is -2.58. The fourth-order valence-electron chi connectivity index (χ4n) is 2.46. The second-order valence-electron chi connectivity index (χ2n) is 7.54. The molecule has 0 aliphatic carbocycles. The van der Waals surface area contributed by atoms with Gasteiger partial charge in [-0.3, -0.25) is 19.2 Å². The minimum Gasteiger partial charge on any atom is -0.481 e. The van der Waals surface area contributed by atoms with Crippen molar-refractivity contribution in [3.63, 3.8) is 0 Å². The van der Waals surface area contributed by atoms with Crippen molar-refractivity contribution >= 4 is 29.7 Å². The SMILES string of the molecule is CC(C)CC(NC(=O)C(CCC(=O)O)NC(=O)C(C)N)C(=O)NC(C(=O)O)C(C)O. The molecule has 172 valence electrons. The first-order valence-corrected chi connectivity index (χ1v) is 9.55. The Morgan fingerprint density at radius 3 is 1.73 bits per heavy atom. The Kier molecular flexibility index (Phi) is 11.6. The van der Waals surface area contributed by atoms with Crippen LogP contribution in [0.5, 0.6) is 0 Å². The fraction of sp³-hybridized carbons (Fsp3) is 0.722. The van der Waals surface area contributed by atoms with E-state index in [-0.39, 0.29) is 18.8 Å². The number of hydrogen-bond donors (Lipinski definition) is 7. The van der Waals surface area contributed by atoms with Crippen molar-refractivity contribution in [3.05, 3.63) is 0 Å². The zero-order valence-corrected chi connectivity index (χ0v) is 17.5. The molecule has 0 fully saturated rings. The summed E-state index contributed by atoms with van der Waals surface area (Å²) >= 11 is 0. The van der Waals surface area contributed by atoms with Gasteiger partial charge < -0.3 is 37.0 Å². The molecule has 0 saturated heterocycles. The summed E-state index contributed by atoms with van der Waals surface area (Å²) in [5.41, 5.74) is 5.46. The predicted octanol–water partition coefficient (Wildman–Crippen LogP) is -1.84. The number of aliphatic hydroxyl groups excluding tert-OH is 1. The maximum absolute atomic E-state index is 12.7. The average molecular weight is 432 g/mol. The molecule has 0 aliphatic heterocycles. The molecule has 8 N–H and O–H groups in total. The number of amides is 3. The molecule has 0 radical (unpaired) electrons. The summed E-state index contributed by atoms with van der Waals surface area (Å²) in [5, 5.41) is 34.5. The number of carboxylic acids is 2. The molecule has 0 spiro atoms. The van der Waals surface area contributed by atoms with Gasteiger partial charge in [0.05, 0.1) is 12.1 Å². The highest BCUT2D eigenvalue weighted by atomic mass is 16.4. The van der Waals surface area contributed by atoms with Gasteiger partial charge in [-0.2, -0.15) is 0 Å². The van der Waals surface area contributed by atoms with E-state index in [2.05, 4.69) is 16.0 Å². The van der Waals surface area contributed by atoms with E-state index in [1.165, 1.54) is 13.8 Å². The zero-order chi connectivity index (χ0) is 23.6. The summed E-state index contributed by atoms with van der Waals surface area (Å²) in [4.78, 5) is 59.1. The van der Waals surface area contributed by atoms with Gasteiger partial charge in [0.1, 0.15) is 12.1 Å². The lowest BCUT2D eigenvalue weighted by Gasteiger charge is -2.26. The molecule has 0 bridgehead atoms. The molecule has 3 amide bonds. The number of rotatable bonds is 13. The van der Waals surface area contributed by atoms with Gasteiger partial charge in [0.15, 0.2) is 6.04 Å². The summed E-state index contributed by atoms with van der Waals surface area (Å²) in [6.45, 7) is 6.13. The lowest BCUT2D eigenvalue weighted by molar-refractivity contribution is -0.145. The lowest BCUT2D eigenvalue weighted by atomic mass is 10.0. The number of carbonyl (C=O) groups is 5. The number of hydrogen-bond acceptors (Lipinski definition) is 7. The topological polar surface area (TPSA) is 208 Å². The summed E-state index contributed by atoms with van der Waals surface area (Å²) in [6.07, 6.45) is -1.89. The molecule has 30 heavy (non-hydrogen) atoms. The molecule has 12 nitrogen and oxygen atoms in total. The third-order valence-corrected chi connectivity index (χ3v) is 4.08. The average Bonchev–Trinajstić information content (AvgIpc) is 2.60. The van der Waals surface area contributed by atoms with Crippen LogP contribution in [0.3, 0.4) is 0 Å². The Morgan fingerprint density at radius 2 is 1.33 bits per heavy atom. The Morgan fingerprint density at radius 1 is 0.833 bits per heavy atom. The van der Waals surface area contributed by atoms with Crippen LogP contribution in [-0.4, -0.2) is 75.3 Å². The van der Waals surface area contributed by atoms with Crippen LogP contribution in [0.15, 0.2) is 0 Å². The van der Waals surface area contributed by atoms with Gasteiger partial charge in [0, 0.05) is 6.42 Å². The Balaban J connectivity index is 5.46. The predicted molar refractivity (Wildman–Crippen MR) is 105 cm³/mol. The molecule has 0 aromatic carbocycles. The Bertz CT molecular complexity index is 636. The molecule has 0 rings (SSSR count). The minimum atomic E-state index is -1.58. The number of carbonyl (C=O) groups excluding carboxylic acids is 3. The van der Waals surface area contributed by atoms with Crippen LogP contribution < -0.4 is 21.7 Å². The second-order valence-corrected chi connectivity index (χ2v) is 7.54. The molecule has 5 atom stereocenters. The van der Waals surface area contributed by atoms with E-state index in [0.29, 0.717) is 0 Å². The van der Waals surface area contributed by atoms with Crippen molar-refractivity contribution in [3.8, 4) is 0 Å². The highest BCUT2D eigenvalue weighted by Gasteiger charge is 2.32. The maximum Gasteiger partial charge on any atom is 0.328 e. The molecular formula is C18H32N4O8. The smallest absolute Gasteiger partial charge is 0.328 e. The minimum absolute atomic E-state index is 0.0768. The number of aliphatic hydroxyl groups is 1. The highest BCUT2D eigenvalue weighted by molar-refractivity contribution is 5.94. The van der Waals surface area contributed by atoms with Crippen molar-refractivity contribution < 1.29 is 39.3 Å². The van der Waals surface area contributed by atoms with Gasteiger partial charge in [-0.15, -0.1) is 0 Å². The van der Waals surface area contributed by atoms with E-state index < -0.39 is 66.4 Å². The third kappa shape index (κ3) is 10.2. The van der Waals surface area contributed by atoms with Crippen molar-refractivity contribution in [2.45, 2.75) is 77.2 Å². The summed E-state index contributed by atoms with van der Waals surface area (Å²) in [7, 11) is 0. The van der Waals surface area contributed by atoms with E-state index in [1.54, 1.807) is 13.8 Å². The molecule has 0 aromatic heterocycles. The quantitative estimate of drug-likeness (QED) is 0.174. The van der Waals surface area contributed by atoms with Crippen LogP contribution in [0.2, 0.25) is 0 Å². The number of nitrogens with one attached hydrogen (secondary N) is 3. The number of carboxylic acid groups (broad SMARTS) is 2. The van der Waals surface area contributed by atoms with E-state index in [4.69, 9.17) is 15.9 Å². The first kappa shape index (κ1) is 27.3. The Labute approximate surface area is 174 Å². The maximum atomic E-state index is 12.7. The fourth-order valence-corrected chi connectivity index (χ4v) is 2.46. The summed E-state index contributed by atoms with van der Waals surface area (Å²) < 4.78 is 0. The number of aliphatic carboxylic acids is 2. The summed E-state index contributed by atoms with van der Waals surface area (Å²) in [6, 6.07) is -4.95. The van der Waals surface area contributed by atoms with E-state index in [1.807, 2.05) is 0 Å². The molecule has 5 unspecified atom stereocenters. The first-order valence-electron chi connectivity index (χ1n) is 9.55. The normalized spacial score (nSPS) is 16.0. The van der Waals surface area contributed by atoms with Crippen LogP contribution in [-0.2, 0) is 24.0 Å². The van der Waals surface area contributed by atoms with Gasteiger partial charge in [0.25, 0.3) is 0 Å². The second kappa shape index (κ2) is 12.8. The largest absolute Gasteiger partial charge is 0.481 e. The third-order valence-electron chi connectivity index (χ3n) is 4.08. The Hall–Kier alpha value is -2.73. The molecule has 12 heteroatoms. The molecule has 0 heterocycles. The highest BCUT2D eigenvalue weighted by Crippen LogP contribution is 2.08. The zero-order valence-electron chi connectivity index (χ0n) is 17.5. The van der Waals surface area contributed by atoms with Crippen molar-refractivity contribution in [1.82, 2.24) is 16.0 Å². The standard InChI is InChI=1S/C18H32N4O8/c1-8(2)7-12(17(28)22-14(10(4)23)18(29)30)21-16(27)11(5-6-13(24)25)20-15(26)9(3)19/h8-12,14,23H,5-7,19H2,1-4H3,(H,20,26)(H,21,27)(H,22,28)(H,24,25)(H,29,30). The van der Waals surface area contributed by atoms with Gasteiger partial charge in [0.2, 0.25) is 17.7 Å². The monoisotopic (exact) mass is 432 g/mol. The van der Waals surface area contributed by atoms with E-state index in [9.17, 15) is 29.1 Å². The van der Waals surface area contributed by atoms with Crippen LogP contribution in [0, 0.1) is 5.92 Å². The van der Waals surface area contributed by atoms with Crippen molar-refractivity contribution in [2.24, 2.45) is 11.7 Å². The molecular weight excluding hydrogens is 400 g/mol. The van der Waals surface area contributed by atoms with Crippen LogP contribution in [0.25, 0.3) is 0 Å². The van der Waals surface area contributed by atoms with Crippen molar-refractivity contribution in [1.29, 1.82) is 0 Å². The number of nitrogens with two attached hydrogens (primary N) is 1. The molecule has 0 saturated carbocycles. The van der Waals surface area contributed by atoms with Crippen LogP contribution >= 0.6 is 0 Å². The van der Waals surface area contributed by atoms with Crippen molar-refractivity contribution in [2.75, 3.05) is 0 Å². The van der Waals surface area contributed by atoms with Gasteiger partial charge >= 0.3 is 11.9 Å².